The van der Waals surface area contributed by atoms with Gasteiger partial charge in [-0.15, -0.1) is 0 Å². The van der Waals surface area contributed by atoms with Crippen LogP contribution in [0.5, 0.6) is 0 Å². The summed E-state index contributed by atoms with van der Waals surface area (Å²) in [4.78, 5) is 0. The van der Waals surface area contributed by atoms with Crippen molar-refractivity contribution in [2.24, 2.45) is 5.73 Å². The van der Waals surface area contributed by atoms with E-state index >= 15 is 0 Å². The topological polar surface area (TPSA) is 26.0 Å². The molecule has 0 saturated heterocycles. The summed E-state index contributed by atoms with van der Waals surface area (Å²) in [5.41, 5.74) is 7.76. The van der Waals surface area contributed by atoms with Gasteiger partial charge in [0.1, 0.15) is 17.5 Å². The second-order valence-corrected chi connectivity index (χ2v) is 5.37. The van der Waals surface area contributed by atoms with Crippen molar-refractivity contribution in [2.45, 2.75) is 24.8 Å². The quantitative estimate of drug-likeness (QED) is 0.894. The van der Waals surface area contributed by atoms with Crippen LogP contribution in [0.15, 0.2) is 36.4 Å². The Balaban J connectivity index is 1.96. The van der Waals surface area contributed by atoms with Gasteiger partial charge in [0.25, 0.3) is 0 Å². The molecular weight excluding hydrogens is 263 g/mol. The highest BCUT2D eigenvalue weighted by molar-refractivity contribution is 5.40. The maximum atomic E-state index is 13.8. The Labute approximate surface area is 115 Å². The highest BCUT2D eigenvalue weighted by Crippen LogP contribution is 2.38. The van der Waals surface area contributed by atoms with E-state index in [-0.39, 0.29) is 12.2 Å². The molecule has 0 aliphatic heterocycles. The third-order valence-electron chi connectivity index (χ3n) is 3.97. The van der Waals surface area contributed by atoms with Crippen LogP contribution in [0.1, 0.15) is 23.1 Å². The van der Waals surface area contributed by atoms with E-state index in [9.17, 15) is 13.2 Å². The Morgan fingerprint density at radius 1 is 1.00 bits per heavy atom. The Bertz CT molecular complexity index is 669. The Hall–Kier alpha value is -1.81. The molecule has 2 aromatic carbocycles. The number of benzene rings is 2. The second kappa shape index (κ2) is 4.63. The third kappa shape index (κ3) is 2.20. The summed E-state index contributed by atoms with van der Waals surface area (Å²) in [6.07, 6.45) is 1.58. The maximum absolute atomic E-state index is 13.8. The lowest BCUT2D eigenvalue weighted by atomic mass is 9.86. The van der Waals surface area contributed by atoms with Crippen LogP contribution in [0.25, 0.3) is 0 Å². The molecule has 1 atom stereocenters. The molecule has 0 bridgehead atoms. The molecule has 0 saturated carbocycles. The van der Waals surface area contributed by atoms with E-state index < -0.39 is 17.2 Å². The van der Waals surface area contributed by atoms with Crippen molar-refractivity contribution in [2.75, 3.05) is 0 Å². The van der Waals surface area contributed by atoms with Gasteiger partial charge in [-0.25, -0.2) is 13.2 Å². The minimum atomic E-state index is -0.721. The molecule has 20 heavy (non-hydrogen) atoms. The van der Waals surface area contributed by atoms with E-state index in [2.05, 4.69) is 0 Å². The van der Waals surface area contributed by atoms with Gasteiger partial charge in [-0.2, -0.15) is 0 Å². The summed E-state index contributed by atoms with van der Waals surface area (Å²) < 4.78 is 39.9. The second-order valence-electron chi connectivity index (χ2n) is 5.37. The molecule has 0 fully saturated rings. The number of aryl methyl sites for hydroxylation is 1. The zero-order chi connectivity index (χ0) is 14.3. The first kappa shape index (κ1) is 13.2. The fourth-order valence-electron chi connectivity index (χ4n) is 2.94. The van der Waals surface area contributed by atoms with Gasteiger partial charge in [0.05, 0.1) is 0 Å². The fourth-order valence-corrected chi connectivity index (χ4v) is 2.94. The predicted octanol–water partition coefficient (Wildman–Crippen LogP) is 3.45. The molecular formula is C16H14F3N. The number of hydrogen-bond acceptors (Lipinski definition) is 1. The fraction of sp³-hybridized carbons (Fsp3) is 0.250. The number of nitrogens with two attached hydrogens (primary N) is 1. The molecule has 1 unspecified atom stereocenters. The summed E-state index contributed by atoms with van der Waals surface area (Å²) in [5.74, 6) is -1.49. The molecule has 4 heteroatoms. The van der Waals surface area contributed by atoms with Crippen LogP contribution in [0.4, 0.5) is 13.2 Å². The van der Waals surface area contributed by atoms with Gasteiger partial charge in [0.15, 0.2) is 0 Å². The van der Waals surface area contributed by atoms with E-state index in [4.69, 9.17) is 5.73 Å². The molecule has 1 nitrogen and oxygen atoms in total. The SMILES string of the molecule is NC1(Cc2ccc(F)cc2F)CCc2cc(F)ccc21. The molecule has 2 N–H and O–H groups in total. The maximum Gasteiger partial charge on any atom is 0.129 e. The normalized spacial score (nSPS) is 21.0. The molecule has 3 rings (SSSR count). The van der Waals surface area contributed by atoms with E-state index in [1.54, 1.807) is 6.07 Å². The van der Waals surface area contributed by atoms with Gasteiger partial charge < -0.3 is 5.73 Å². The molecule has 1 aliphatic rings. The van der Waals surface area contributed by atoms with Crippen molar-refractivity contribution in [3.05, 3.63) is 70.5 Å². The molecule has 0 spiro atoms. The van der Waals surface area contributed by atoms with Crippen molar-refractivity contribution in [3.8, 4) is 0 Å². The van der Waals surface area contributed by atoms with Crippen LogP contribution in [-0.2, 0) is 18.4 Å². The van der Waals surface area contributed by atoms with Crippen molar-refractivity contribution >= 4 is 0 Å². The van der Waals surface area contributed by atoms with Gasteiger partial charge in [-0.3, -0.25) is 0 Å². The lowest BCUT2D eigenvalue weighted by Crippen LogP contribution is -2.36. The molecule has 0 amide bonds. The summed E-state index contributed by atoms with van der Waals surface area (Å²) in [7, 11) is 0. The minimum Gasteiger partial charge on any atom is -0.321 e. The highest BCUT2D eigenvalue weighted by atomic mass is 19.1. The van der Waals surface area contributed by atoms with Crippen molar-refractivity contribution in [1.29, 1.82) is 0 Å². The molecule has 0 radical (unpaired) electrons. The zero-order valence-corrected chi connectivity index (χ0v) is 10.8. The Morgan fingerprint density at radius 3 is 2.45 bits per heavy atom. The van der Waals surface area contributed by atoms with Gasteiger partial charge in [-0.05, 0) is 54.2 Å². The predicted molar refractivity (Wildman–Crippen MR) is 70.6 cm³/mol. The van der Waals surface area contributed by atoms with Gasteiger partial charge >= 0.3 is 0 Å². The highest BCUT2D eigenvalue weighted by Gasteiger charge is 2.35. The number of rotatable bonds is 2. The van der Waals surface area contributed by atoms with Crippen LogP contribution >= 0.6 is 0 Å². The van der Waals surface area contributed by atoms with Crippen LogP contribution in [0.2, 0.25) is 0 Å². The smallest absolute Gasteiger partial charge is 0.129 e. The van der Waals surface area contributed by atoms with E-state index in [0.717, 1.165) is 17.2 Å². The lowest BCUT2D eigenvalue weighted by Gasteiger charge is -2.26. The third-order valence-corrected chi connectivity index (χ3v) is 3.97. The first-order chi connectivity index (χ1) is 9.48. The first-order valence-corrected chi connectivity index (χ1v) is 6.50. The van der Waals surface area contributed by atoms with Crippen molar-refractivity contribution in [1.82, 2.24) is 0 Å². The van der Waals surface area contributed by atoms with Crippen molar-refractivity contribution in [3.63, 3.8) is 0 Å². The Kier molecular flexibility index (Phi) is 3.05. The van der Waals surface area contributed by atoms with Crippen LogP contribution < -0.4 is 5.73 Å². The van der Waals surface area contributed by atoms with Crippen LogP contribution in [0.3, 0.4) is 0 Å². The first-order valence-electron chi connectivity index (χ1n) is 6.50. The summed E-state index contributed by atoms with van der Waals surface area (Å²) in [6, 6.07) is 8.01. The number of hydrogen-bond donors (Lipinski definition) is 1. The molecule has 104 valence electrons. The number of halogens is 3. The Morgan fingerprint density at radius 2 is 1.70 bits per heavy atom. The van der Waals surface area contributed by atoms with E-state index in [1.165, 1.54) is 24.3 Å². The summed E-state index contributed by atoms with van der Waals surface area (Å²) in [6.45, 7) is 0. The number of fused-ring (bicyclic) bond motifs is 1. The average molecular weight is 277 g/mol. The monoisotopic (exact) mass is 277 g/mol. The van der Waals surface area contributed by atoms with Gasteiger partial charge in [0.2, 0.25) is 0 Å². The molecule has 0 aromatic heterocycles. The van der Waals surface area contributed by atoms with Crippen molar-refractivity contribution < 1.29 is 13.2 Å². The molecule has 2 aromatic rings. The zero-order valence-electron chi connectivity index (χ0n) is 10.8. The van der Waals surface area contributed by atoms with Crippen LogP contribution in [0, 0.1) is 17.5 Å². The van der Waals surface area contributed by atoms with Gasteiger partial charge in [-0.1, -0.05) is 12.1 Å². The summed E-state index contributed by atoms with van der Waals surface area (Å²) in [5, 5.41) is 0. The summed E-state index contributed by atoms with van der Waals surface area (Å²) >= 11 is 0. The van der Waals surface area contributed by atoms with Crippen LogP contribution in [-0.4, -0.2) is 0 Å². The lowest BCUT2D eigenvalue weighted by molar-refractivity contribution is 0.427. The standard InChI is InChI=1S/C16H14F3N/c17-12-3-4-14-10(7-12)5-6-16(14,20)9-11-1-2-13(18)8-15(11)19/h1-4,7-8H,5-6,9,20H2. The van der Waals surface area contributed by atoms with E-state index in [1.807, 2.05) is 0 Å². The van der Waals surface area contributed by atoms with E-state index in [0.29, 0.717) is 18.4 Å². The minimum absolute atomic E-state index is 0.276. The average Bonchev–Trinajstić information content (AvgIpc) is 2.70. The molecule has 0 heterocycles. The largest absolute Gasteiger partial charge is 0.321 e. The molecule has 1 aliphatic carbocycles. The van der Waals surface area contributed by atoms with Gasteiger partial charge in [0, 0.05) is 11.6 Å².